The first kappa shape index (κ1) is 14.5. The molecule has 1 saturated heterocycles. The fourth-order valence-corrected chi connectivity index (χ4v) is 2.92. The maximum absolute atomic E-state index is 10.8. The van der Waals surface area contributed by atoms with Gasteiger partial charge in [0.15, 0.2) is 0 Å². The summed E-state index contributed by atoms with van der Waals surface area (Å²) in [5.74, 6) is 0.951. The van der Waals surface area contributed by atoms with Gasteiger partial charge in [0.05, 0.1) is 12.1 Å². The summed E-state index contributed by atoms with van der Waals surface area (Å²) in [6.45, 7) is 2.45. The van der Waals surface area contributed by atoms with Crippen LogP contribution in [-0.2, 0) is 19.2 Å². The van der Waals surface area contributed by atoms with Gasteiger partial charge >= 0.3 is 0 Å². The fourth-order valence-electron chi connectivity index (χ4n) is 2.79. The molecule has 3 rings (SSSR count). The fraction of sp³-hybridized carbons (Fsp3) is 0.467. The van der Waals surface area contributed by atoms with Gasteiger partial charge in [-0.15, -0.1) is 0 Å². The van der Waals surface area contributed by atoms with Gasteiger partial charge in [-0.1, -0.05) is 23.7 Å². The number of aryl methyl sites for hydroxylation is 1. The lowest BCUT2D eigenvalue weighted by Crippen LogP contribution is -2.42. The van der Waals surface area contributed by atoms with E-state index in [0.29, 0.717) is 17.9 Å². The smallest absolute Gasteiger partial charge is 0.140 e. The van der Waals surface area contributed by atoms with Crippen molar-refractivity contribution in [3.63, 3.8) is 0 Å². The number of rotatable bonds is 3. The molecule has 2 heterocycles. The highest BCUT2D eigenvalue weighted by Gasteiger charge is 2.34. The summed E-state index contributed by atoms with van der Waals surface area (Å²) in [7, 11) is 1.90. The summed E-state index contributed by atoms with van der Waals surface area (Å²) >= 11 is 5.91. The normalized spacial score (nSPS) is 18.8. The van der Waals surface area contributed by atoms with E-state index in [1.807, 2.05) is 31.3 Å². The summed E-state index contributed by atoms with van der Waals surface area (Å²) in [5, 5.41) is 15.6. The van der Waals surface area contributed by atoms with E-state index in [9.17, 15) is 5.11 Å². The van der Waals surface area contributed by atoms with Gasteiger partial charge < -0.3 is 5.11 Å². The number of halogens is 1. The average molecular weight is 307 g/mol. The average Bonchev–Trinajstić information content (AvgIpc) is 2.88. The van der Waals surface area contributed by atoms with Gasteiger partial charge in [0.25, 0.3) is 0 Å². The van der Waals surface area contributed by atoms with E-state index in [4.69, 9.17) is 11.6 Å². The molecule has 0 bridgehead atoms. The Labute approximate surface area is 129 Å². The van der Waals surface area contributed by atoms with Crippen LogP contribution in [0.1, 0.15) is 24.2 Å². The van der Waals surface area contributed by atoms with Gasteiger partial charge in [-0.05, 0) is 30.5 Å². The SMILES string of the molecule is Cn1ncnc1CN1CCC(O)(c2ccc(Cl)cc2)CC1. The van der Waals surface area contributed by atoms with Gasteiger partial charge in [0.2, 0.25) is 0 Å². The van der Waals surface area contributed by atoms with Gasteiger partial charge in [-0.25, -0.2) is 4.98 Å². The maximum atomic E-state index is 10.8. The van der Waals surface area contributed by atoms with Crippen molar-refractivity contribution < 1.29 is 5.11 Å². The minimum absolute atomic E-state index is 0.696. The van der Waals surface area contributed by atoms with Gasteiger partial charge in [0.1, 0.15) is 12.2 Å². The molecule has 0 saturated carbocycles. The quantitative estimate of drug-likeness (QED) is 0.942. The zero-order valence-corrected chi connectivity index (χ0v) is 12.8. The summed E-state index contributed by atoms with van der Waals surface area (Å²) in [5.41, 5.74) is 0.200. The number of nitrogens with zero attached hydrogens (tertiary/aromatic N) is 4. The number of benzene rings is 1. The minimum atomic E-state index is -0.749. The molecule has 1 N–H and O–H groups in total. The molecule has 21 heavy (non-hydrogen) atoms. The van der Waals surface area contributed by atoms with E-state index >= 15 is 0 Å². The van der Waals surface area contributed by atoms with Crippen LogP contribution >= 0.6 is 11.6 Å². The predicted octanol–water partition coefficient (Wildman–Crippen LogP) is 1.95. The number of hydrogen-bond acceptors (Lipinski definition) is 4. The van der Waals surface area contributed by atoms with Crippen LogP contribution in [0.15, 0.2) is 30.6 Å². The summed E-state index contributed by atoms with van der Waals surface area (Å²) in [6, 6.07) is 7.50. The van der Waals surface area contributed by atoms with E-state index < -0.39 is 5.60 Å². The lowest BCUT2D eigenvalue weighted by Gasteiger charge is -2.38. The lowest BCUT2D eigenvalue weighted by molar-refractivity contribution is -0.0284. The monoisotopic (exact) mass is 306 g/mol. The van der Waals surface area contributed by atoms with Crippen molar-refractivity contribution in [2.24, 2.45) is 7.05 Å². The highest BCUT2D eigenvalue weighted by Crippen LogP contribution is 2.33. The summed E-state index contributed by atoms with van der Waals surface area (Å²) in [4.78, 5) is 6.55. The van der Waals surface area contributed by atoms with Crippen molar-refractivity contribution in [1.29, 1.82) is 0 Å². The largest absolute Gasteiger partial charge is 0.385 e. The van der Waals surface area contributed by atoms with Crippen molar-refractivity contribution in [2.45, 2.75) is 25.0 Å². The Kier molecular flexibility index (Phi) is 3.97. The Hall–Kier alpha value is -1.43. The molecule has 1 fully saturated rings. The number of aliphatic hydroxyl groups is 1. The molecule has 1 aliphatic heterocycles. The van der Waals surface area contributed by atoms with Crippen LogP contribution in [0.5, 0.6) is 0 Å². The molecule has 0 radical (unpaired) electrons. The molecule has 1 aliphatic rings. The standard InChI is InChI=1S/C15H19ClN4O/c1-19-14(17-11-18-19)10-20-8-6-15(21,7-9-20)12-2-4-13(16)5-3-12/h2-5,11,21H,6-10H2,1H3. The van der Waals surface area contributed by atoms with Crippen LogP contribution in [0.3, 0.4) is 0 Å². The number of piperidine rings is 1. The molecule has 0 atom stereocenters. The van der Waals surface area contributed by atoms with E-state index in [2.05, 4.69) is 15.0 Å². The summed E-state index contributed by atoms with van der Waals surface area (Å²) in [6.07, 6.45) is 3.00. The second-order valence-corrected chi connectivity index (χ2v) is 6.05. The third kappa shape index (κ3) is 3.10. The molecule has 6 heteroatoms. The predicted molar refractivity (Wildman–Crippen MR) is 80.9 cm³/mol. The number of likely N-dealkylation sites (tertiary alicyclic amines) is 1. The van der Waals surface area contributed by atoms with Crippen LogP contribution < -0.4 is 0 Å². The second kappa shape index (κ2) is 5.75. The van der Waals surface area contributed by atoms with Crippen LogP contribution in [0.25, 0.3) is 0 Å². The van der Waals surface area contributed by atoms with E-state index in [-0.39, 0.29) is 0 Å². The first-order valence-corrected chi connectivity index (χ1v) is 7.48. The Morgan fingerprint density at radius 1 is 1.24 bits per heavy atom. The van der Waals surface area contributed by atoms with Crippen molar-refractivity contribution >= 4 is 11.6 Å². The van der Waals surface area contributed by atoms with Crippen molar-refractivity contribution in [3.05, 3.63) is 47.0 Å². The molecule has 112 valence electrons. The van der Waals surface area contributed by atoms with Crippen molar-refractivity contribution in [1.82, 2.24) is 19.7 Å². The third-order valence-corrected chi connectivity index (χ3v) is 4.49. The van der Waals surface area contributed by atoms with Gasteiger partial charge in [-0.2, -0.15) is 5.10 Å². The van der Waals surface area contributed by atoms with Gasteiger partial charge in [0, 0.05) is 25.2 Å². The third-order valence-electron chi connectivity index (χ3n) is 4.23. The van der Waals surface area contributed by atoms with E-state index in [1.165, 1.54) is 0 Å². The van der Waals surface area contributed by atoms with E-state index in [1.54, 1.807) is 11.0 Å². The number of hydrogen-bond donors (Lipinski definition) is 1. The van der Waals surface area contributed by atoms with Crippen LogP contribution in [0, 0.1) is 0 Å². The molecule has 1 aromatic carbocycles. The van der Waals surface area contributed by atoms with Crippen molar-refractivity contribution in [3.8, 4) is 0 Å². The Balaban J connectivity index is 1.64. The maximum Gasteiger partial charge on any atom is 0.140 e. The lowest BCUT2D eigenvalue weighted by atomic mass is 9.84. The highest BCUT2D eigenvalue weighted by atomic mass is 35.5. The highest BCUT2D eigenvalue weighted by molar-refractivity contribution is 6.30. The Morgan fingerprint density at radius 3 is 2.48 bits per heavy atom. The van der Waals surface area contributed by atoms with E-state index in [0.717, 1.165) is 31.0 Å². The molecular weight excluding hydrogens is 288 g/mol. The summed E-state index contributed by atoms with van der Waals surface area (Å²) < 4.78 is 1.79. The number of aromatic nitrogens is 3. The Bertz CT molecular complexity index is 602. The molecule has 0 aliphatic carbocycles. The first-order chi connectivity index (χ1) is 10.1. The topological polar surface area (TPSA) is 54.2 Å². The Morgan fingerprint density at radius 2 is 1.90 bits per heavy atom. The molecule has 5 nitrogen and oxygen atoms in total. The zero-order chi connectivity index (χ0) is 14.9. The van der Waals surface area contributed by atoms with Crippen LogP contribution in [-0.4, -0.2) is 37.9 Å². The van der Waals surface area contributed by atoms with Crippen LogP contribution in [0.4, 0.5) is 0 Å². The molecular formula is C15H19ClN4O. The molecule has 1 aromatic heterocycles. The molecule has 2 aromatic rings. The first-order valence-electron chi connectivity index (χ1n) is 7.10. The van der Waals surface area contributed by atoms with Crippen LogP contribution in [0.2, 0.25) is 5.02 Å². The molecule has 0 unspecified atom stereocenters. The minimum Gasteiger partial charge on any atom is -0.385 e. The molecule has 0 amide bonds. The van der Waals surface area contributed by atoms with Gasteiger partial charge in [-0.3, -0.25) is 9.58 Å². The zero-order valence-electron chi connectivity index (χ0n) is 12.0. The van der Waals surface area contributed by atoms with Crippen molar-refractivity contribution in [2.75, 3.05) is 13.1 Å². The second-order valence-electron chi connectivity index (χ2n) is 5.61. The molecule has 0 spiro atoms.